The Morgan fingerprint density at radius 1 is 0.627 bits per heavy atom. The van der Waals surface area contributed by atoms with Crippen LogP contribution in [-0.4, -0.2) is 56.6 Å². The minimum atomic E-state index is -4.49. The van der Waals surface area contributed by atoms with E-state index in [0.29, 0.717) is 44.8 Å². The van der Waals surface area contributed by atoms with Gasteiger partial charge in [0.25, 0.3) is 0 Å². The maximum absolute atomic E-state index is 14.8. The Balaban J connectivity index is 0.000000199. The Kier molecular flexibility index (Phi) is 12.9. The molecular weight excluding hydrogens is 794 g/mol. The maximum Gasteiger partial charge on any atom is 0.416 e. The van der Waals surface area contributed by atoms with E-state index in [-0.39, 0.29) is 53.4 Å². The quantitative estimate of drug-likeness (QED) is 0.0598. The van der Waals surface area contributed by atoms with Gasteiger partial charge in [0, 0.05) is 36.6 Å². The van der Waals surface area contributed by atoms with Gasteiger partial charge in [0.05, 0.1) is 54.1 Å². The molecule has 302 valence electrons. The average molecular weight is 828 g/mol. The van der Waals surface area contributed by atoms with Crippen LogP contribution in [0.5, 0.6) is 0 Å². The van der Waals surface area contributed by atoms with Crippen LogP contribution in [0, 0.1) is 11.6 Å². The molecule has 3 aromatic heterocycles. The van der Waals surface area contributed by atoms with Crippen molar-refractivity contribution >= 4 is 21.5 Å². The normalized spacial score (nSPS) is 11.5. The molecule has 0 fully saturated rings. The van der Waals surface area contributed by atoms with Gasteiger partial charge in [-0.1, -0.05) is 42.5 Å². The fourth-order valence-electron chi connectivity index (χ4n) is 5.88. The molecule has 7 rings (SSSR count). The number of nitrogen functional groups attached to an aromatic ring is 2. The third kappa shape index (κ3) is 10.4. The van der Waals surface area contributed by atoms with Gasteiger partial charge in [-0.15, -0.1) is 0 Å². The number of rotatable bonds is 11. The van der Waals surface area contributed by atoms with Gasteiger partial charge in [-0.3, -0.25) is 9.97 Å². The van der Waals surface area contributed by atoms with Crippen molar-refractivity contribution in [2.45, 2.75) is 23.6 Å². The third-order valence-electron chi connectivity index (χ3n) is 8.68. The summed E-state index contributed by atoms with van der Waals surface area (Å²) >= 11 is 0. The highest BCUT2D eigenvalue weighted by Gasteiger charge is 2.31. The van der Waals surface area contributed by atoms with Crippen LogP contribution < -0.4 is 16.8 Å². The number of hydrogen-bond acceptors (Lipinski definition) is 12. The van der Waals surface area contributed by atoms with Crippen molar-refractivity contribution in [3.63, 3.8) is 0 Å². The summed E-state index contributed by atoms with van der Waals surface area (Å²) in [5.41, 5.74) is 14.2. The number of aliphatic hydroxyl groups excluding tert-OH is 1. The van der Waals surface area contributed by atoms with Gasteiger partial charge in [0.15, 0.2) is 0 Å². The Hall–Kier alpha value is -6.76. The summed E-state index contributed by atoms with van der Waals surface area (Å²) in [6, 6.07) is 20.7. The number of nitrogens with two attached hydrogens (primary N) is 2. The Morgan fingerprint density at radius 2 is 1.17 bits per heavy atom. The van der Waals surface area contributed by atoms with Crippen LogP contribution >= 0.6 is 0 Å². The number of halogens is 5. The van der Waals surface area contributed by atoms with E-state index in [0.717, 1.165) is 12.1 Å². The summed E-state index contributed by atoms with van der Waals surface area (Å²) in [4.78, 5) is 23.6. The third-order valence-corrected chi connectivity index (χ3v) is 10.1. The van der Waals surface area contributed by atoms with E-state index in [9.17, 15) is 30.4 Å². The van der Waals surface area contributed by atoms with E-state index in [1.54, 1.807) is 48.5 Å². The summed E-state index contributed by atoms with van der Waals surface area (Å²) in [5.74, 6) is -0.949. The topological polar surface area (TPSA) is 196 Å². The molecular formula is C41H34F5N9O3S. The first-order valence-electron chi connectivity index (χ1n) is 17.6. The Morgan fingerprint density at radius 3 is 1.68 bits per heavy atom. The fraction of sp³-hybridized carbons (Fsp3) is 0.122. The highest BCUT2D eigenvalue weighted by molar-refractivity contribution is 7.90. The predicted octanol–water partition coefficient (Wildman–Crippen LogP) is 6.93. The molecule has 0 atom stereocenters. The first-order chi connectivity index (χ1) is 28.2. The SMILES string of the molecule is Nc1cnc(-c2ccc(-c3ccc(C(F)(F)F)cc3CNCCO)cc2F)cn1.Nc1cnc(-c2ccc(-c3ccccc3CS(=O)(=O)c3ncccn3)cc2F)cn1. The summed E-state index contributed by atoms with van der Waals surface area (Å²) in [6.45, 7) is 0.158. The molecule has 0 unspecified atom stereocenters. The van der Waals surface area contributed by atoms with Crippen molar-refractivity contribution in [3.8, 4) is 44.8 Å². The number of benzene rings is 4. The molecule has 0 aliphatic rings. The van der Waals surface area contributed by atoms with Gasteiger partial charge in [0.2, 0.25) is 15.0 Å². The van der Waals surface area contributed by atoms with Crippen molar-refractivity contribution < 1.29 is 35.5 Å². The van der Waals surface area contributed by atoms with Crippen LogP contribution in [0.3, 0.4) is 0 Å². The summed E-state index contributed by atoms with van der Waals surface area (Å²) in [5, 5.41) is 11.5. The van der Waals surface area contributed by atoms with E-state index in [2.05, 4.69) is 35.2 Å². The molecule has 3 heterocycles. The molecule has 0 spiro atoms. The molecule has 0 radical (unpaired) electrons. The van der Waals surface area contributed by atoms with Gasteiger partial charge < -0.3 is 21.9 Å². The molecule has 0 saturated carbocycles. The lowest BCUT2D eigenvalue weighted by molar-refractivity contribution is -0.137. The second-order valence-electron chi connectivity index (χ2n) is 12.8. The van der Waals surface area contributed by atoms with E-state index in [4.69, 9.17) is 16.6 Å². The molecule has 0 saturated heterocycles. The van der Waals surface area contributed by atoms with E-state index in [1.165, 1.54) is 61.4 Å². The smallest absolute Gasteiger partial charge is 0.395 e. The fourth-order valence-corrected chi connectivity index (χ4v) is 7.11. The zero-order valence-electron chi connectivity index (χ0n) is 30.8. The van der Waals surface area contributed by atoms with Crippen molar-refractivity contribution in [2.24, 2.45) is 0 Å². The Labute approximate surface area is 334 Å². The molecule has 7 aromatic rings. The number of hydrogen-bond donors (Lipinski definition) is 4. The minimum Gasteiger partial charge on any atom is -0.395 e. The van der Waals surface area contributed by atoms with E-state index >= 15 is 0 Å². The zero-order valence-corrected chi connectivity index (χ0v) is 31.6. The Bertz CT molecular complexity index is 2660. The van der Waals surface area contributed by atoms with Crippen LogP contribution in [-0.2, 0) is 28.3 Å². The summed E-state index contributed by atoms with van der Waals surface area (Å²) in [6.07, 6.45) is 3.66. The largest absolute Gasteiger partial charge is 0.416 e. The van der Waals surface area contributed by atoms with Crippen molar-refractivity contribution in [1.82, 2.24) is 35.2 Å². The number of sulfone groups is 1. The first-order valence-corrected chi connectivity index (χ1v) is 19.2. The number of aliphatic hydroxyl groups is 1. The van der Waals surface area contributed by atoms with Crippen molar-refractivity contribution in [1.29, 1.82) is 0 Å². The first kappa shape index (κ1) is 41.9. The summed E-state index contributed by atoms with van der Waals surface area (Å²) in [7, 11) is -3.76. The van der Waals surface area contributed by atoms with Crippen LogP contribution in [0.4, 0.5) is 33.6 Å². The van der Waals surface area contributed by atoms with Crippen molar-refractivity contribution in [3.05, 3.63) is 150 Å². The zero-order chi connectivity index (χ0) is 42.2. The molecule has 59 heavy (non-hydrogen) atoms. The van der Waals surface area contributed by atoms with Gasteiger partial charge in [-0.25, -0.2) is 37.1 Å². The molecule has 0 aliphatic carbocycles. The van der Waals surface area contributed by atoms with Crippen LogP contribution in [0.1, 0.15) is 16.7 Å². The van der Waals surface area contributed by atoms with Gasteiger partial charge >= 0.3 is 6.18 Å². The highest BCUT2D eigenvalue weighted by Crippen LogP contribution is 2.35. The number of anilines is 2. The predicted molar refractivity (Wildman–Crippen MR) is 211 cm³/mol. The highest BCUT2D eigenvalue weighted by atomic mass is 32.2. The standard InChI is InChI=1S/C21H16FN5O2S.C20H18F4N4O/c22-18-10-14(6-7-17(18)19-11-27-20(23)12-26-19)16-5-2-1-4-15(16)13-30(28,29)21-24-8-3-9-25-21;21-17-8-12(1-3-16(17)18-10-28-19(25)11-27-18)15-4-2-14(20(22,23)24)7-13(15)9-26-5-6-29/h1-12H,13H2,(H2,23,27);1-4,7-8,10-11,26,29H,5-6,9H2,(H2,25,28). The second-order valence-corrected chi connectivity index (χ2v) is 14.6. The molecule has 18 heteroatoms. The maximum atomic E-state index is 14.8. The second kappa shape index (κ2) is 18.2. The van der Waals surface area contributed by atoms with Gasteiger partial charge in [0.1, 0.15) is 23.3 Å². The lowest BCUT2D eigenvalue weighted by Crippen LogP contribution is -2.18. The number of nitrogens with zero attached hydrogens (tertiary/aromatic N) is 6. The molecule has 0 bridgehead atoms. The minimum absolute atomic E-state index is 0.0899. The summed E-state index contributed by atoms with van der Waals surface area (Å²) < 4.78 is 94.2. The lowest BCUT2D eigenvalue weighted by Gasteiger charge is -2.15. The number of nitrogens with one attached hydrogen (secondary N) is 1. The lowest BCUT2D eigenvalue weighted by atomic mass is 9.95. The number of aromatic nitrogens is 6. The van der Waals surface area contributed by atoms with Crippen LogP contribution in [0.15, 0.2) is 127 Å². The molecule has 12 nitrogen and oxygen atoms in total. The van der Waals surface area contributed by atoms with E-state index in [1.807, 2.05) is 0 Å². The van der Waals surface area contributed by atoms with Crippen LogP contribution in [0.25, 0.3) is 44.8 Å². The average Bonchev–Trinajstić information content (AvgIpc) is 3.22. The molecule has 6 N–H and O–H groups in total. The monoisotopic (exact) mass is 827 g/mol. The molecule has 0 aliphatic heterocycles. The molecule has 4 aromatic carbocycles. The van der Waals surface area contributed by atoms with Crippen molar-refractivity contribution in [2.75, 3.05) is 24.6 Å². The van der Waals surface area contributed by atoms with Gasteiger partial charge in [-0.2, -0.15) is 13.2 Å². The number of alkyl halides is 3. The molecule has 0 amide bonds. The van der Waals surface area contributed by atoms with Crippen LogP contribution in [0.2, 0.25) is 0 Å². The van der Waals surface area contributed by atoms with Gasteiger partial charge in [-0.05, 0) is 75.8 Å². The van der Waals surface area contributed by atoms with E-state index < -0.39 is 33.2 Å².